The Hall–Kier alpha value is -3.28. The summed E-state index contributed by atoms with van der Waals surface area (Å²) in [4.78, 5) is 14.9. The van der Waals surface area contributed by atoms with Crippen molar-refractivity contribution in [1.29, 1.82) is 0 Å². The van der Waals surface area contributed by atoms with E-state index in [4.69, 9.17) is 8.83 Å². The molecule has 0 fully saturated rings. The van der Waals surface area contributed by atoms with Crippen molar-refractivity contribution in [2.75, 3.05) is 19.0 Å². The molecule has 1 atom stereocenters. The SMILES string of the molecule is CN(C)c1ccc([C@@H]2CC(c3ccco3)=NN2C(=O)c2ccco2)cc1. The predicted octanol–water partition coefficient (Wildman–Crippen LogP) is 3.93. The molecule has 1 aromatic carbocycles. The molecule has 1 aliphatic rings. The average Bonchev–Trinajstić information content (AvgIpc) is 3.42. The molecule has 2 aromatic heterocycles. The van der Waals surface area contributed by atoms with Crippen molar-refractivity contribution < 1.29 is 13.6 Å². The van der Waals surface area contributed by atoms with Gasteiger partial charge in [0.1, 0.15) is 11.5 Å². The van der Waals surface area contributed by atoms with Gasteiger partial charge in [-0.3, -0.25) is 4.79 Å². The first-order valence-corrected chi connectivity index (χ1v) is 8.39. The van der Waals surface area contributed by atoms with Crippen molar-refractivity contribution in [1.82, 2.24) is 5.01 Å². The van der Waals surface area contributed by atoms with Crippen molar-refractivity contribution in [3.63, 3.8) is 0 Å². The van der Waals surface area contributed by atoms with Crippen LogP contribution in [0.2, 0.25) is 0 Å². The van der Waals surface area contributed by atoms with Gasteiger partial charge in [-0.05, 0) is 42.0 Å². The Bertz CT molecular complexity index is 910. The summed E-state index contributed by atoms with van der Waals surface area (Å²) in [6.45, 7) is 0. The van der Waals surface area contributed by atoms with Crippen molar-refractivity contribution in [3.8, 4) is 0 Å². The smallest absolute Gasteiger partial charge is 0.310 e. The van der Waals surface area contributed by atoms with E-state index >= 15 is 0 Å². The fraction of sp³-hybridized carbons (Fsp3) is 0.200. The lowest BCUT2D eigenvalue weighted by molar-refractivity contribution is 0.0678. The summed E-state index contributed by atoms with van der Waals surface area (Å²) in [7, 11) is 3.99. The summed E-state index contributed by atoms with van der Waals surface area (Å²) >= 11 is 0. The number of rotatable bonds is 4. The Morgan fingerprint density at radius 3 is 2.42 bits per heavy atom. The highest BCUT2D eigenvalue weighted by molar-refractivity contribution is 6.02. The van der Waals surface area contributed by atoms with Crippen LogP contribution in [0, 0.1) is 0 Å². The molecule has 1 aliphatic heterocycles. The van der Waals surface area contributed by atoms with Gasteiger partial charge < -0.3 is 13.7 Å². The van der Waals surface area contributed by atoms with Gasteiger partial charge in [0.15, 0.2) is 5.76 Å². The van der Waals surface area contributed by atoms with Gasteiger partial charge in [0.05, 0.1) is 18.6 Å². The summed E-state index contributed by atoms with van der Waals surface area (Å²) in [5.41, 5.74) is 2.86. The summed E-state index contributed by atoms with van der Waals surface area (Å²) in [5.74, 6) is 0.678. The molecular weight excluding hydrogens is 330 g/mol. The monoisotopic (exact) mass is 349 g/mol. The van der Waals surface area contributed by atoms with Crippen LogP contribution in [0.15, 0.2) is 75.0 Å². The second-order valence-corrected chi connectivity index (χ2v) is 6.36. The van der Waals surface area contributed by atoms with Gasteiger partial charge in [-0.1, -0.05) is 12.1 Å². The van der Waals surface area contributed by atoms with Crippen LogP contribution in [0.4, 0.5) is 5.69 Å². The van der Waals surface area contributed by atoms with E-state index in [0.717, 1.165) is 17.0 Å². The van der Waals surface area contributed by atoms with E-state index in [-0.39, 0.29) is 17.7 Å². The van der Waals surface area contributed by atoms with Crippen molar-refractivity contribution in [3.05, 3.63) is 78.1 Å². The highest BCUT2D eigenvalue weighted by Gasteiger charge is 2.35. The molecule has 0 bridgehead atoms. The van der Waals surface area contributed by atoms with Crippen LogP contribution in [0.25, 0.3) is 0 Å². The highest BCUT2D eigenvalue weighted by atomic mass is 16.3. The van der Waals surface area contributed by atoms with E-state index in [0.29, 0.717) is 12.2 Å². The largest absolute Gasteiger partial charge is 0.463 e. The van der Waals surface area contributed by atoms with Crippen LogP contribution >= 0.6 is 0 Å². The molecule has 0 saturated carbocycles. The minimum absolute atomic E-state index is 0.205. The predicted molar refractivity (Wildman–Crippen MR) is 98.2 cm³/mol. The maximum atomic E-state index is 12.9. The number of anilines is 1. The Labute approximate surface area is 151 Å². The molecule has 0 saturated heterocycles. The molecule has 3 aromatic rings. The van der Waals surface area contributed by atoms with Gasteiger partial charge in [0, 0.05) is 26.2 Å². The maximum absolute atomic E-state index is 12.9. The highest BCUT2D eigenvalue weighted by Crippen LogP contribution is 2.34. The number of carbonyl (C=O) groups is 1. The molecule has 6 heteroatoms. The van der Waals surface area contributed by atoms with Gasteiger partial charge in [-0.15, -0.1) is 0 Å². The summed E-state index contributed by atoms with van der Waals surface area (Å²) in [6, 6.07) is 14.9. The molecule has 0 aliphatic carbocycles. The quantitative estimate of drug-likeness (QED) is 0.716. The number of carbonyl (C=O) groups excluding carboxylic acids is 1. The zero-order valence-corrected chi connectivity index (χ0v) is 14.6. The first-order chi connectivity index (χ1) is 12.6. The van der Waals surface area contributed by atoms with Gasteiger partial charge in [-0.2, -0.15) is 5.10 Å². The summed E-state index contributed by atoms with van der Waals surface area (Å²) < 4.78 is 10.7. The van der Waals surface area contributed by atoms with Crippen LogP contribution < -0.4 is 4.90 Å². The first-order valence-electron chi connectivity index (χ1n) is 8.39. The number of amides is 1. The van der Waals surface area contributed by atoms with Gasteiger partial charge in [0.2, 0.25) is 0 Å². The molecule has 0 spiro atoms. The molecule has 26 heavy (non-hydrogen) atoms. The minimum atomic E-state index is -0.266. The Morgan fingerprint density at radius 2 is 1.81 bits per heavy atom. The summed E-state index contributed by atoms with van der Waals surface area (Å²) in [6.07, 6.45) is 3.68. The number of hydrazone groups is 1. The van der Waals surface area contributed by atoms with E-state index < -0.39 is 0 Å². The first kappa shape index (κ1) is 16.2. The fourth-order valence-electron chi connectivity index (χ4n) is 3.06. The van der Waals surface area contributed by atoms with Gasteiger partial charge in [0.25, 0.3) is 0 Å². The lowest BCUT2D eigenvalue weighted by Crippen LogP contribution is -2.26. The van der Waals surface area contributed by atoms with Crippen LogP contribution in [0.3, 0.4) is 0 Å². The molecule has 3 heterocycles. The topological polar surface area (TPSA) is 62.2 Å². The zero-order valence-electron chi connectivity index (χ0n) is 14.6. The van der Waals surface area contributed by atoms with Gasteiger partial charge >= 0.3 is 5.91 Å². The second-order valence-electron chi connectivity index (χ2n) is 6.36. The maximum Gasteiger partial charge on any atom is 0.310 e. The summed E-state index contributed by atoms with van der Waals surface area (Å²) in [5, 5.41) is 6.03. The van der Waals surface area contributed by atoms with E-state index in [1.165, 1.54) is 11.3 Å². The van der Waals surface area contributed by atoms with Crippen molar-refractivity contribution in [2.45, 2.75) is 12.5 Å². The van der Waals surface area contributed by atoms with Crippen LogP contribution in [0.1, 0.15) is 34.3 Å². The van der Waals surface area contributed by atoms with E-state index in [9.17, 15) is 4.79 Å². The third-order valence-electron chi connectivity index (χ3n) is 4.45. The normalized spacial score (nSPS) is 16.6. The van der Waals surface area contributed by atoms with Gasteiger partial charge in [-0.25, -0.2) is 5.01 Å². The molecule has 132 valence electrons. The lowest BCUT2D eigenvalue weighted by Gasteiger charge is -2.22. The molecular formula is C20H19N3O3. The molecule has 4 rings (SSSR count). The average molecular weight is 349 g/mol. The molecule has 0 N–H and O–H groups in total. The number of nitrogens with zero attached hydrogens (tertiary/aromatic N) is 3. The number of furan rings is 2. The van der Waals surface area contributed by atoms with E-state index in [1.54, 1.807) is 18.4 Å². The van der Waals surface area contributed by atoms with Crippen molar-refractivity contribution >= 4 is 17.3 Å². The van der Waals surface area contributed by atoms with Crippen LogP contribution in [-0.4, -0.2) is 30.7 Å². The molecule has 0 unspecified atom stereocenters. The second kappa shape index (κ2) is 6.55. The molecule has 1 amide bonds. The van der Waals surface area contributed by atoms with E-state index in [1.807, 2.05) is 55.4 Å². The Balaban J connectivity index is 1.69. The Kier molecular flexibility index (Phi) is 4.08. The number of hydrogen-bond acceptors (Lipinski definition) is 5. The standard InChI is InChI=1S/C20H19N3O3/c1-22(2)15-9-7-14(8-10-15)17-13-16(18-5-3-11-25-18)21-23(17)20(24)19-6-4-12-26-19/h3-12,17H,13H2,1-2H3/t17-/m0/s1. The van der Waals surface area contributed by atoms with Crippen molar-refractivity contribution in [2.24, 2.45) is 5.10 Å². The third kappa shape index (κ3) is 2.90. The third-order valence-corrected chi connectivity index (χ3v) is 4.45. The van der Waals surface area contributed by atoms with Crippen LogP contribution in [0.5, 0.6) is 0 Å². The van der Waals surface area contributed by atoms with E-state index in [2.05, 4.69) is 5.10 Å². The molecule has 6 nitrogen and oxygen atoms in total. The molecule has 0 radical (unpaired) electrons. The van der Waals surface area contributed by atoms with Crippen LogP contribution in [-0.2, 0) is 0 Å². The number of hydrogen-bond donors (Lipinski definition) is 0. The Morgan fingerprint density at radius 1 is 1.08 bits per heavy atom. The lowest BCUT2D eigenvalue weighted by atomic mass is 10.0. The minimum Gasteiger partial charge on any atom is -0.463 e. The number of benzene rings is 1. The zero-order chi connectivity index (χ0) is 18.1. The fourth-order valence-corrected chi connectivity index (χ4v) is 3.06.